The minimum atomic E-state index is -0.487. The van der Waals surface area contributed by atoms with E-state index in [4.69, 9.17) is 27.4 Å². The fourth-order valence-corrected chi connectivity index (χ4v) is 4.61. The zero-order chi connectivity index (χ0) is 20.1. The van der Waals surface area contributed by atoms with Crippen molar-refractivity contribution in [3.63, 3.8) is 0 Å². The fourth-order valence-electron chi connectivity index (χ4n) is 3.03. The van der Waals surface area contributed by atoms with Gasteiger partial charge in [-0.15, -0.1) is 11.3 Å². The lowest BCUT2D eigenvalue weighted by atomic mass is 9.95. The van der Waals surface area contributed by atoms with Crippen molar-refractivity contribution in [3.05, 3.63) is 40.3 Å². The summed E-state index contributed by atoms with van der Waals surface area (Å²) in [6.45, 7) is -0.197. The molecule has 0 aliphatic heterocycles. The summed E-state index contributed by atoms with van der Waals surface area (Å²) in [6, 6.07) is 6.89. The van der Waals surface area contributed by atoms with Crippen LogP contribution in [0.3, 0.4) is 0 Å². The predicted molar refractivity (Wildman–Crippen MR) is 112 cm³/mol. The molecular weight excluding hydrogens is 398 g/mol. The lowest BCUT2D eigenvalue weighted by Crippen LogP contribution is -2.37. The van der Waals surface area contributed by atoms with E-state index in [0.29, 0.717) is 22.1 Å². The molecule has 2 aromatic rings. The summed E-state index contributed by atoms with van der Waals surface area (Å²) >= 11 is 6.67. The largest absolute Gasteiger partial charge is 0.497 e. The van der Waals surface area contributed by atoms with Crippen molar-refractivity contribution in [3.8, 4) is 11.5 Å². The van der Waals surface area contributed by atoms with Crippen LogP contribution < -0.4 is 25.8 Å². The van der Waals surface area contributed by atoms with Gasteiger partial charge >= 0.3 is 0 Å². The standard InChI is InChI=1S/C19H21N3O4S2/c1-25-11-6-8-12(9-7-11)26-10-15(23)21-19(27)22-18-16(17(20)24)13-4-2-3-5-14(13)28-18/h6-9H,2-5,10H2,1H3,(H2,20,24)(H2,21,22,23,27). The number of thiophene rings is 1. The Labute approximate surface area is 172 Å². The van der Waals surface area contributed by atoms with Gasteiger partial charge in [0.25, 0.3) is 11.8 Å². The highest BCUT2D eigenvalue weighted by atomic mass is 32.1. The molecule has 0 spiro atoms. The number of hydrogen-bond donors (Lipinski definition) is 3. The molecule has 1 heterocycles. The number of nitrogens with one attached hydrogen (secondary N) is 2. The zero-order valence-corrected chi connectivity index (χ0v) is 17.0. The number of amides is 2. The van der Waals surface area contributed by atoms with Crippen LogP contribution >= 0.6 is 23.6 Å². The van der Waals surface area contributed by atoms with E-state index in [9.17, 15) is 9.59 Å². The van der Waals surface area contributed by atoms with Gasteiger partial charge < -0.3 is 20.5 Å². The van der Waals surface area contributed by atoms with Gasteiger partial charge in [0, 0.05) is 4.88 Å². The highest BCUT2D eigenvalue weighted by molar-refractivity contribution is 7.80. The number of hydrogen-bond acceptors (Lipinski definition) is 6. The molecule has 1 aliphatic carbocycles. The Bertz CT molecular complexity index is 893. The third-order valence-corrected chi connectivity index (χ3v) is 5.74. The molecule has 0 fully saturated rings. The Kier molecular flexibility index (Phi) is 6.48. The minimum absolute atomic E-state index is 0.101. The van der Waals surface area contributed by atoms with Crippen LogP contribution in [0.15, 0.2) is 24.3 Å². The number of nitrogens with two attached hydrogens (primary N) is 1. The summed E-state index contributed by atoms with van der Waals surface area (Å²) in [5.41, 5.74) is 7.04. The number of benzene rings is 1. The van der Waals surface area contributed by atoms with Crippen LogP contribution in [0.5, 0.6) is 11.5 Å². The van der Waals surface area contributed by atoms with Crippen molar-refractivity contribution < 1.29 is 19.1 Å². The maximum atomic E-state index is 12.1. The van der Waals surface area contributed by atoms with Gasteiger partial charge in [0.05, 0.1) is 12.7 Å². The summed E-state index contributed by atoms with van der Waals surface area (Å²) in [6.07, 6.45) is 3.89. The highest BCUT2D eigenvalue weighted by Gasteiger charge is 2.24. The van der Waals surface area contributed by atoms with Crippen molar-refractivity contribution >= 4 is 45.5 Å². The van der Waals surface area contributed by atoms with Crippen molar-refractivity contribution in [2.24, 2.45) is 5.73 Å². The molecule has 7 nitrogen and oxygen atoms in total. The molecular formula is C19H21N3O4S2. The van der Waals surface area contributed by atoms with Crippen molar-refractivity contribution in [2.75, 3.05) is 19.0 Å². The van der Waals surface area contributed by atoms with Crippen LogP contribution in [0.1, 0.15) is 33.6 Å². The van der Waals surface area contributed by atoms with E-state index in [0.717, 1.165) is 36.1 Å². The summed E-state index contributed by atoms with van der Waals surface area (Å²) in [7, 11) is 1.57. The Hall–Kier alpha value is -2.65. The molecule has 1 aromatic heterocycles. The summed E-state index contributed by atoms with van der Waals surface area (Å²) in [5, 5.41) is 6.18. The van der Waals surface area contributed by atoms with Gasteiger partial charge in [0.2, 0.25) is 0 Å². The van der Waals surface area contributed by atoms with E-state index in [1.807, 2.05) is 0 Å². The van der Waals surface area contributed by atoms with E-state index >= 15 is 0 Å². The second kappa shape index (κ2) is 9.03. The molecule has 0 atom stereocenters. The van der Waals surface area contributed by atoms with Crippen LogP contribution in [0.25, 0.3) is 0 Å². The molecule has 1 aliphatic rings. The average molecular weight is 420 g/mol. The van der Waals surface area contributed by atoms with Crippen molar-refractivity contribution in [2.45, 2.75) is 25.7 Å². The SMILES string of the molecule is COc1ccc(OCC(=O)NC(=S)Nc2sc3c(c2C(N)=O)CCCC3)cc1. The van der Waals surface area contributed by atoms with Crippen LogP contribution in [0.4, 0.5) is 5.00 Å². The number of aryl methyl sites for hydroxylation is 1. The van der Waals surface area contributed by atoms with Gasteiger partial charge in [-0.1, -0.05) is 0 Å². The number of fused-ring (bicyclic) bond motifs is 1. The van der Waals surface area contributed by atoms with Gasteiger partial charge in [-0.3, -0.25) is 14.9 Å². The second-order valence-electron chi connectivity index (χ2n) is 6.25. The van der Waals surface area contributed by atoms with Crippen LogP contribution in [-0.2, 0) is 17.6 Å². The third kappa shape index (κ3) is 4.79. The van der Waals surface area contributed by atoms with E-state index in [2.05, 4.69) is 10.6 Å². The Balaban J connectivity index is 1.57. The summed E-state index contributed by atoms with van der Waals surface area (Å²) in [5.74, 6) is 0.344. The topological polar surface area (TPSA) is 103 Å². The number of thiocarbonyl (C=S) groups is 1. The second-order valence-corrected chi connectivity index (χ2v) is 7.76. The van der Waals surface area contributed by atoms with Gasteiger partial charge in [-0.05, 0) is 67.7 Å². The van der Waals surface area contributed by atoms with Gasteiger partial charge in [-0.2, -0.15) is 0 Å². The van der Waals surface area contributed by atoms with Crippen LogP contribution in [0.2, 0.25) is 0 Å². The van der Waals surface area contributed by atoms with E-state index < -0.39 is 11.8 Å². The maximum Gasteiger partial charge on any atom is 0.264 e. The van der Waals surface area contributed by atoms with E-state index in [1.165, 1.54) is 11.3 Å². The molecule has 0 saturated heterocycles. The molecule has 0 radical (unpaired) electrons. The lowest BCUT2D eigenvalue weighted by Gasteiger charge is -2.12. The number of anilines is 1. The molecule has 2 amide bonds. The van der Waals surface area contributed by atoms with Gasteiger partial charge in [-0.25, -0.2) is 0 Å². The quantitative estimate of drug-likeness (QED) is 0.622. The maximum absolute atomic E-state index is 12.1. The molecule has 0 bridgehead atoms. The lowest BCUT2D eigenvalue weighted by molar-refractivity contribution is -0.121. The van der Waals surface area contributed by atoms with Crippen LogP contribution in [-0.4, -0.2) is 30.6 Å². The molecule has 0 unspecified atom stereocenters. The molecule has 148 valence electrons. The first-order valence-corrected chi connectivity index (χ1v) is 10.0. The Morgan fingerprint density at radius 2 is 1.86 bits per heavy atom. The molecule has 0 saturated carbocycles. The highest BCUT2D eigenvalue weighted by Crippen LogP contribution is 2.37. The predicted octanol–water partition coefficient (Wildman–Crippen LogP) is 2.63. The Morgan fingerprint density at radius 3 is 2.54 bits per heavy atom. The first-order chi connectivity index (χ1) is 13.5. The smallest absolute Gasteiger partial charge is 0.264 e. The number of carbonyl (C=O) groups is 2. The molecule has 28 heavy (non-hydrogen) atoms. The molecule has 9 heteroatoms. The minimum Gasteiger partial charge on any atom is -0.497 e. The van der Waals surface area contributed by atoms with Gasteiger partial charge in [0.15, 0.2) is 11.7 Å². The number of rotatable bonds is 6. The summed E-state index contributed by atoms with van der Waals surface area (Å²) < 4.78 is 10.5. The molecule has 4 N–H and O–H groups in total. The van der Waals surface area contributed by atoms with E-state index in [1.54, 1.807) is 31.4 Å². The third-order valence-electron chi connectivity index (χ3n) is 4.33. The molecule has 3 rings (SSSR count). The van der Waals surface area contributed by atoms with Gasteiger partial charge in [0.1, 0.15) is 16.5 Å². The summed E-state index contributed by atoms with van der Waals surface area (Å²) in [4.78, 5) is 25.1. The van der Waals surface area contributed by atoms with Crippen molar-refractivity contribution in [1.82, 2.24) is 5.32 Å². The zero-order valence-electron chi connectivity index (χ0n) is 15.4. The van der Waals surface area contributed by atoms with Crippen molar-refractivity contribution in [1.29, 1.82) is 0 Å². The van der Waals surface area contributed by atoms with Crippen LogP contribution in [0, 0.1) is 0 Å². The number of ether oxygens (including phenoxy) is 2. The first kappa shape index (κ1) is 20.1. The number of primary amides is 1. The first-order valence-electron chi connectivity index (χ1n) is 8.80. The average Bonchev–Trinajstić information content (AvgIpc) is 3.04. The monoisotopic (exact) mass is 419 g/mol. The normalized spacial score (nSPS) is 12.6. The van der Waals surface area contributed by atoms with E-state index in [-0.39, 0.29) is 11.7 Å². The fraction of sp³-hybridized carbons (Fsp3) is 0.316. The number of carbonyl (C=O) groups excluding carboxylic acids is 2. The molecule has 1 aromatic carbocycles. The Morgan fingerprint density at radius 1 is 1.18 bits per heavy atom. The number of methoxy groups -OCH3 is 1.